The highest BCUT2D eigenvalue weighted by atomic mass is 35.5. The minimum atomic E-state index is -4.19. The van der Waals surface area contributed by atoms with E-state index in [0.29, 0.717) is 5.56 Å². The lowest BCUT2D eigenvalue weighted by molar-refractivity contribution is -0.148. The van der Waals surface area contributed by atoms with Gasteiger partial charge in [-0.2, -0.15) is 8.78 Å². The molecule has 0 fully saturated rings. The van der Waals surface area contributed by atoms with Crippen molar-refractivity contribution in [2.75, 3.05) is 6.61 Å². The van der Waals surface area contributed by atoms with Gasteiger partial charge in [-0.3, -0.25) is 0 Å². The van der Waals surface area contributed by atoms with Gasteiger partial charge in [-0.1, -0.05) is 11.6 Å². The van der Waals surface area contributed by atoms with E-state index in [9.17, 15) is 17.6 Å². The van der Waals surface area contributed by atoms with E-state index in [4.69, 9.17) is 17.3 Å². The van der Waals surface area contributed by atoms with E-state index in [1.165, 1.54) is 18.2 Å². The Bertz CT molecular complexity index is 390. The number of halogens is 6. The van der Waals surface area contributed by atoms with Gasteiger partial charge < -0.3 is 10.5 Å². The average Bonchev–Trinajstić information content (AvgIpc) is 2.25. The van der Waals surface area contributed by atoms with Crippen LogP contribution in [0.25, 0.3) is 0 Å². The fourth-order valence-corrected chi connectivity index (χ4v) is 1.31. The predicted octanol–water partition coefficient (Wildman–Crippen LogP) is 3.50. The number of nitrogens with two attached hydrogens (primary N) is 1. The summed E-state index contributed by atoms with van der Waals surface area (Å²) in [5.74, 6) is -4.20. The van der Waals surface area contributed by atoms with Gasteiger partial charge in [-0.05, 0) is 23.8 Å². The van der Waals surface area contributed by atoms with Gasteiger partial charge in [0, 0.05) is 11.6 Å². The summed E-state index contributed by atoms with van der Waals surface area (Å²) in [5.41, 5.74) is 5.90. The van der Waals surface area contributed by atoms with Crippen LogP contribution in [0.4, 0.5) is 17.6 Å². The highest BCUT2D eigenvalue weighted by molar-refractivity contribution is 6.30. The molecule has 0 aliphatic heterocycles. The van der Waals surface area contributed by atoms with Gasteiger partial charge in [-0.25, -0.2) is 8.78 Å². The molecular formula is C10H11Cl2F4NO. The van der Waals surface area contributed by atoms with E-state index >= 15 is 0 Å². The quantitative estimate of drug-likeness (QED) is 0.845. The third-order valence-electron chi connectivity index (χ3n) is 1.92. The van der Waals surface area contributed by atoms with Gasteiger partial charge in [0.2, 0.25) is 0 Å². The molecule has 0 saturated heterocycles. The van der Waals surface area contributed by atoms with E-state index in [-0.39, 0.29) is 29.7 Å². The summed E-state index contributed by atoms with van der Waals surface area (Å²) >= 11 is 5.67. The van der Waals surface area contributed by atoms with Crippen LogP contribution < -0.4 is 10.5 Å². The fraction of sp³-hybridized carbons (Fsp3) is 0.400. The monoisotopic (exact) mass is 307 g/mol. The molecule has 2 N–H and O–H groups in total. The number of ether oxygens (including phenoxy) is 1. The maximum atomic E-state index is 12.6. The summed E-state index contributed by atoms with van der Waals surface area (Å²) in [7, 11) is 0. The first-order valence-electron chi connectivity index (χ1n) is 4.63. The Hall–Kier alpha value is -0.720. The number of benzene rings is 1. The molecule has 0 aliphatic carbocycles. The van der Waals surface area contributed by atoms with Crippen LogP contribution in [0, 0.1) is 0 Å². The third kappa shape index (κ3) is 4.88. The lowest BCUT2D eigenvalue weighted by Crippen LogP contribution is -2.33. The summed E-state index contributed by atoms with van der Waals surface area (Å²) in [4.78, 5) is 0. The second-order valence-corrected chi connectivity index (χ2v) is 3.79. The van der Waals surface area contributed by atoms with Crippen LogP contribution in [0.15, 0.2) is 18.2 Å². The first-order valence-corrected chi connectivity index (χ1v) is 5.01. The molecule has 1 aromatic rings. The van der Waals surface area contributed by atoms with Crippen molar-refractivity contribution in [3.63, 3.8) is 0 Å². The molecule has 2 nitrogen and oxygen atoms in total. The maximum absolute atomic E-state index is 12.6. The van der Waals surface area contributed by atoms with E-state index in [1.54, 1.807) is 0 Å². The third-order valence-corrected chi connectivity index (χ3v) is 2.14. The zero-order chi connectivity index (χ0) is 13.1. The Balaban J connectivity index is 0.00000289. The van der Waals surface area contributed by atoms with E-state index in [1.807, 2.05) is 0 Å². The number of hydrogen-bond acceptors (Lipinski definition) is 2. The highest BCUT2D eigenvalue weighted by Gasteiger charge is 2.41. The second-order valence-electron chi connectivity index (χ2n) is 3.35. The molecule has 0 saturated carbocycles. The standard InChI is InChI=1S/C10H10ClF4NO.ClH/c11-7-1-6(4-16)2-8(3-7)17-5-10(14,15)9(12)13;/h1-3,9H,4-5,16H2;1H. The maximum Gasteiger partial charge on any atom is 0.340 e. The molecule has 0 bridgehead atoms. The van der Waals surface area contributed by atoms with Gasteiger partial charge >= 0.3 is 12.3 Å². The number of rotatable bonds is 5. The first-order chi connectivity index (χ1) is 7.85. The fourth-order valence-electron chi connectivity index (χ4n) is 1.06. The Morgan fingerprint density at radius 1 is 1.28 bits per heavy atom. The molecule has 0 atom stereocenters. The van der Waals surface area contributed by atoms with Crippen LogP contribution in [0.1, 0.15) is 5.56 Å². The minimum Gasteiger partial charge on any atom is -0.487 e. The Morgan fingerprint density at radius 2 is 1.89 bits per heavy atom. The Kier molecular flexibility index (Phi) is 6.73. The molecule has 104 valence electrons. The smallest absolute Gasteiger partial charge is 0.340 e. The number of alkyl halides is 4. The van der Waals surface area contributed by atoms with Crippen molar-refractivity contribution in [3.8, 4) is 5.75 Å². The van der Waals surface area contributed by atoms with Gasteiger partial charge in [0.25, 0.3) is 0 Å². The Labute approximate surface area is 112 Å². The Morgan fingerprint density at radius 3 is 2.39 bits per heavy atom. The normalized spacial score (nSPS) is 11.3. The van der Waals surface area contributed by atoms with Crippen molar-refractivity contribution in [1.82, 2.24) is 0 Å². The molecule has 0 aliphatic rings. The lowest BCUT2D eigenvalue weighted by Gasteiger charge is -2.16. The van der Waals surface area contributed by atoms with E-state index in [0.717, 1.165) is 0 Å². The van der Waals surface area contributed by atoms with Crippen LogP contribution in [-0.4, -0.2) is 19.0 Å². The second kappa shape index (κ2) is 7.01. The average molecular weight is 308 g/mol. The summed E-state index contributed by atoms with van der Waals surface area (Å²) in [6.07, 6.45) is -3.77. The van der Waals surface area contributed by atoms with Crippen molar-refractivity contribution >= 4 is 24.0 Å². The molecule has 18 heavy (non-hydrogen) atoms. The molecular weight excluding hydrogens is 297 g/mol. The van der Waals surface area contributed by atoms with Gasteiger partial charge in [0.05, 0.1) is 0 Å². The SMILES string of the molecule is Cl.NCc1cc(Cl)cc(OCC(F)(F)C(F)F)c1. The molecule has 1 aromatic carbocycles. The molecule has 0 aromatic heterocycles. The molecule has 0 spiro atoms. The van der Waals surface area contributed by atoms with Crippen molar-refractivity contribution in [3.05, 3.63) is 28.8 Å². The van der Waals surface area contributed by atoms with E-state index < -0.39 is 19.0 Å². The zero-order valence-corrected chi connectivity index (χ0v) is 10.6. The zero-order valence-electron chi connectivity index (χ0n) is 9.01. The van der Waals surface area contributed by atoms with Crippen LogP contribution in [0.5, 0.6) is 5.75 Å². The van der Waals surface area contributed by atoms with Crippen molar-refractivity contribution < 1.29 is 22.3 Å². The molecule has 0 amide bonds. The van der Waals surface area contributed by atoms with Crippen molar-refractivity contribution in [2.45, 2.75) is 18.9 Å². The minimum absolute atomic E-state index is 0. The molecule has 8 heteroatoms. The van der Waals surface area contributed by atoms with Gasteiger partial charge in [0.15, 0.2) is 6.61 Å². The summed E-state index contributed by atoms with van der Waals surface area (Å²) < 4.78 is 53.5. The highest BCUT2D eigenvalue weighted by Crippen LogP contribution is 2.26. The van der Waals surface area contributed by atoms with Gasteiger partial charge in [-0.15, -0.1) is 12.4 Å². The lowest BCUT2D eigenvalue weighted by atomic mass is 10.2. The molecule has 0 unspecified atom stereocenters. The predicted molar refractivity (Wildman–Crippen MR) is 63.0 cm³/mol. The van der Waals surface area contributed by atoms with Crippen LogP contribution in [0.3, 0.4) is 0 Å². The van der Waals surface area contributed by atoms with Crippen LogP contribution >= 0.6 is 24.0 Å². The number of hydrogen-bond donors (Lipinski definition) is 1. The largest absolute Gasteiger partial charge is 0.487 e. The molecule has 0 heterocycles. The summed E-state index contributed by atoms with van der Waals surface area (Å²) in [5, 5.41) is 0.239. The topological polar surface area (TPSA) is 35.2 Å². The molecule has 1 rings (SSSR count). The van der Waals surface area contributed by atoms with Gasteiger partial charge in [0.1, 0.15) is 5.75 Å². The summed E-state index contributed by atoms with van der Waals surface area (Å²) in [6.45, 7) is -1.27. The van der Waals surface area contributed by atoms with Crippen molar-refractivity contribution in [1.29, 1.82) is 0 Å². The summed E-state index contributed by atoms with van der Waals surface area (Å²) in [6, 6.07) is 4.15. The van der Waals surface area contributed by atoms with E-state index in [2.05, 4.69) is 4.74 Å². The first kappa shape index (κ1) is 17.3. The van der Waals surface area contributed by atoms with Crippen molar-refractivity contribution in [2.24, 2.45) is 5.73 Å². The molecule has 0 radical (unpaired) electrons. The van der Waals surface area contributed by atoms with Crippen LogP contribution in [0.2, 0.25) is 5.02 Å². The van der Waals surface area contributed by atoms with Crippen LogP contribution in [-0.2, 0) is 6.54 Å².